The molecule has 232 valence electrons. The van der Waals surface area contributed by atoms with Gasteiger partial charge < -0.3 is 9.80 Å². The highest BCUT2D eigenvalue weighted by Crippen LogP contribution is 2.44. The van der Waals surface area contributed by atoms with E-state index in [1.54, 1.807) is 23.5 Å². The molecule has 0 saturated carbocycles. The molecule has 48 heavy (non-hydrogen) atoms. The van der Waals surface area contributed by atoms with Crippen molar-refractivity contribution < 1.29 is 4.39 Å². The minimum Gasteiger partial charge on any atom is -0.311 e. The van der Waals surface area contributed by atoms with Gasteiger partial charge in [0.15, 0.2) is 0 Å². The standard InChI is InChI=1S/C43H31FN2S2/c1-28-15-17-31(18-16-28)45(29-9-4-2-5-10-29)32-20-23-39-36(25-32)35-22-19-34(27-42(35)48-39)46(30-11-6-3-7-12-30)33-21-24-40-37(26-33)43-38(44)13-8-14-41(43)47-40/h2-15,17-28H,16H2,1H3. The topological polar surface area (TPSA) is 6.48 Å². The Morgan fingerprint density at radius 1 is 0.542 bits per heavy atom. The predicted octanol–water partition coefficient (Wildman–Crippen LogP) is 13.6. The van der Waals surface area contributed by atoms with Crippen LogP contribution in [0.1, 0.15) is 13.3 Å². The summed E-state index contributed by atoms with van der Waals surface area (Å²) in [5, 5.41) is 4.13. The number of thiophene rings is 2. The third kappa shape index (κ3) is 4.98. The molecule has 2 nitrogen and oxygen atoms in total. The van der Waals surface area contributed by atoms with Crippen LogP contribution in [0.2, 0.25) is 0 Å². The first kappa shape index (κ1) is 29.0. The minimum atomic E-state index is -0.176. The van der Waals surface area contributed by atoms with Gasteiger partial charge in [-0.2, -0.15) is 0 Å². The zero-order valence-electron chi connectivity index (χ0n) is 26.3. The van der Waals surface area contributed by atoms with Crippen LogP contribution in [-0.4, -0.2) is 0 Å². The van der Waals surface area contributed by atoms with Crippen molar-refractivity contribution in [2.75, 3.05) is 9.80 Å². The predicted molar refractivity (Wildman–Crippen MR) is 206 cm³/mol. The monoisotopic (exact) mass is 658 g/mol. The van der Waals surface area contributed by atoms with E-state index in [0.29, 0.717) is 11.3 Å². The van der Waals surface area contributed by atoms with Gasteiger partial charge in [-0.1, -0.05) is 67.6 Å². The molecule has 6 aromatic carbocycles. The molecule has 0 spiro atoms. The zero-order valence-corrected chi connectivity index (χ0v) is 27.9. The highest BCUT2D eigenvalue weighted by molar-refractivity contribution is 7.26. The maximum atomic E-state index is 15.1. The van der Waals surface area contributed by atoms with Crippen molar-refractivity contribution in [3.63, 3.8) is 0 Å². The Labute approximate surface area is 286 Å². The van der Waals surface area contributed by atoms with Gasteiger partial charge in [0.25, 0.3) is 0 Å². The second-order valence-corrected chi connectivity index (χ2v) is 14.6. The van der Waals surface area contributed by atoms with Crippen LogP contribution < -0.4 is 9.80 Å². The van der Waals surface area contributed by atoms with Gasteiger partial charge in [0.05, 0.1) is 0 Å². The summed E-state index contributed by atoms with van der Waals surface area (Å²) in [6.45, 7) is 2.26. The van der Waals surface area contributed by atoms with Crippen LogP contribution in [0, 0.1) is 11.7 Å². The van der Waals surface area contributed by atoms with E-state index in [1.165, 1.54) is 25.9 Å². The van der Waals surface area contributed by atoms with Gasteiger partial charge in [0.1, 0.15) is 5.82 Å². The number of allylic oxidation sites excluding steroid dienone is 3. The summed E-state index contributed by atoms with van der Waals surface area (Å²) < 4.78 is 19.6. The molecule has 1 unspecified atom stereocenters. The van der Waals surface area contributed by atoms with E-state index in [1.807, 2.05) is 23.5 Å². The van der Waals surface area contributed by atoms with Crippen molar-refractivity contribution in [3.05, 3.63) is 163 Å². The summed E-state index contributed by atoms with van der Waals surface area (Å²) >= 11 is 3.46. The average Bonchev–Trinajstić information content (AvgIpc) is 3.68. The molecule has 0 saturated heterocycles. The molecule has 2 aromatic heterocycles. The summed E-state index contributed by atoms with van der Waals surface area (Å²) in [4.78, 5) is 4.64. The Morgan fingerprint density at radius 3 is 1.90 bits per heavy atom. The van der Waals surface area contributed by atoms with Crippen LogP contribution in [0.5, 0.6) is 0 Å². The van der Waals surface area contributed by atoms with E-state index in [-0.39, 0.29) is 5.82 Å². The summed E-state index contributed by atoms with van der Waals surface area (Å²) in [5.41, 5.74) is 6.63. The third-order valence-corrected chi connectivity index (χ3v) is 11.5. The van der Waals surface area contributed by atoms with E-state index in [9.17, 15) is 0 Å². The van der Waals surface area contributed by atoms with Crippen molar-refractivity contribution in [2.45, 2.75) is 13.3 Å². The van der Waals surface area contributed by atoms with Crippen molar-refractivity contribution in [1.29, 1.82) is 0 Å². The Hall–Kier alpha value is -5.23. The zero-order chi connectivity index (χ0) is 32.2. The van der Waals surface area contributed by atoms with Crippen LogP contribution in [0.4, 0.5) is 32.8 Å². The molecule has 9 rings (SSSR count). The van der Waals surface area contributed by atoms with E-state index in [4.69, 9.17) is 0 Å². The lowest BCUT2D eigenvalue weighted by Crippen LogP contribution is -2.17. The number of hydrogen-bond donors (Lipinski definition) is 0. The van der Waals surface area contributed by atoms with E-state index >= 15 is 4.39 Å². The first-order chi connectivity index (χ1) is 23.6. The van der Waals surface area contributed by atoms with Gasteiger partial charge in [0.2, 0.25) is 0 Å². The Balaban J connectivity index is 1.17. The van der Waals surface area contributed by atoms with Crippen LogP contribution in [0.15, 0.2) is 157 Å². The van der Waals surface area contributed by atoms with Crippen molar-refractivity contribution >= 4 is 91.5 Å². The molecule has 1 atom stereocenters. The highest BCUT2D eigenvalue weighted by Gasteiger charge is 2.20. The SMILES string of the molecule is CC1C=CC(N(c2ccccc2)c2ccc3sc4cc(N(c5ccccc5)c5ccc6sc7cccc(F)c7c6c5)ccc4c3c2)=CC1. The van der Waals surface area contributed by atoms with E-state index in [2.05, 4.69) is 144 Å². The van der Waals surface area contributed by atoms with Gasteiger partial charge in [-0.05, 0) is 103 Å². The fourth-order valence-corrected chi connectivity index (χ4v) is 9.09. The van der Waals surface area contributed by atoms with Crippen LogP contribution >= 0.6 is 22.7 Å². The summed E-state index contributed by atoms with van der Waals surface area (Å²) in [6, 6.07) is 46.4. The molecule has 0 amide bonds. The normalized spacial score (nSPS) is 14.6. The molecule has 0 fully saturated rings. The van der Waals surface area contributed by atoms with Gasteiger partial charge in [0, 0.05) is 74.5 Å². The number of rotatable bonds is 6. The minimum absolute atomic E-state index is 0.176. The molecule has 0 bridgehead atoms. The van der Waals surface area contributed by atoms with Gasteiger partial charge in [-0.25, -0.2) is 4.39 Å². The van der Waals surface area contributed by atoms with Crippen LogP contribution in [0.25, 0.3) is 40.3 Å². The number of nitrogens with zero attached hydrogens (tertiary/aromatic N) is 2. The third-order valence-electron chi connectivity index (χ3n) is 9.22. The molecule has 1 aliphatic carbocycles. The maximum Gasteiger partial charge on any atom is 0.132 e. The quantitative estimate of drug-likeness (QED) is 0.175. The molecule has 1 aliphatic rings. The number of fused-ring (bicyclic) bond motifs is 6. The fourth-order valence-electron chi connectivity index (χ4n) is 6.87. The Kier molecular flexibility index (Phi) is 7.11. The van der Waals surface area contributed by atoms with Gasteiger partial charge in [-0.15, -0.1) is 22.7 Å². The average molecular weight is 659 g/mol. The van der Waals surface area contributed by atoms with Crippen molar-refractivity contribution in [1.82, 2.24) is 0 Å². The lowest BCUT2D eigenvalue weighted by molar-refractivity contribution is 0.641. The smallest absolute Gasteiger partial charge is 0.132 e. The molecular weight excluding hydrogens is 628 g/mol. The van der Waals surface area contributed by atoms with Crippen LogP contribution in [-0.2, 0) is 0 Å². The lowest BCUT2D eigenvalue weighted by atomic mass is 10.0. The molecule has 0 N–H and O–H groups in total. The number of anilines is 5. The summed E-state index contributed by atoms with van der Waals surface area (Å²) in [5.74, 6) is 0.372. The van der Waals surface area contributed by atoms with Gasteiger partial charge in [-0.3, -0.25) is 0 Å². The molecule has 8 aromatic rings. The van der Waals surface area contributed by atoms with Crippen LogP contribution in [0.3, 0.4) is 0 Å². The number of hydrogen-bond acceptors (Lipinski definition) is 4. The second kappa shape index (κ2) is 11.8. The van der Waals surface area contributed by atoms with Gasteiger partial charge >= 0.3 is 0 Å². The maximum absolute atomic E-state index is 15.1. The second-order valence-electron chi connectivity index (χ2n) is 12.4. The molecule has 0 aliphatic heterocycles. The molecular formula is C43H31FN2S2. The highest BCUT2D eigenvalue weighted by atomic mass is 32.1. The summed E-state index contributed by atoms with van der Waals surface area (Å²) in [7, 11) is 0. The summed E-state index contributed by atoms with van der Waals surface area (Å²) in [6.07, 6.45) is 7.94. The number of para-hydroxylation sites is 2. The lowest BCUT2D eigenvalue weighted by Gasteiger charge is -2.28. The molecule has 0 radical (unpaired) electrons. The first-order valence-corrected chi connectivity index (χ1v) is 17.9. The number of benzene rings is 6. The van der Waals surface area contributed by atoms with Crippen molar-refractivity contribution in [3.8, 4) is 0 Å². The largest absolute Gasteiger partial charge is 0.311 e. The Bertz CT molecular complexity index is 2530. The fraction of sp³-hybridized carbons (Fsp3) is 0.0698. The first-order valence-electron chi connectivity index (χ1n) is 16.3. The Morgan fingerprint density at radius 2 is 1.17 bits per heavy atom. The number of halogens is 1. The molecule has 5 heteroatoms. The van der Waals surface area contributed by atoms with Crippen molar-refractivity contribution in [2.24, 2.45) is 5.92 Å². The van der Waals surface area contributed by atoms with E-state index in [0.717, 1.165) is 49.6 Å². The van der Waals surface area contributed by atoms with E-state index < -0.39 is 0 Å². The molecule has 2 heterocycles.